The van der Waals surface area contributed by atoms with E-state index < -0.39 is 0 Å². The second-order valence-corrected chi connectivity index (χ2v) is 5.62. The van der Waals surface area contributed by atoms with Crippen LogP contribution in [0.5, 0.6) is 0 Å². The Labute approximate surface area is 121 Å². The minimum atomic E-state index is -0.120. The molecule has 0 aromatic heterocycles. The monoisotopic (exact) mass is 279 g/mol. The molecule has 1 atom stereocenters. The van der Waals surface area contributed by atoms with E-state index in [9.17, 15) is 4.39 Å². The summed E-state index contributed by atoms with van der Waals surface area (Å²) in [6.45, 7) is 7.01. The van der Waals surface area contributed by atoms with Crippen LogP contribution < -0.4 is 10.6 Å². The van der Waals surface area contributed by atoms with E-state index in [1.54, 1.807) is 6.07 Å². The van der Waals surface area contributed by atoms with Gasteiger partial charge in [0.25, 0.3) is 0 Å². The third kappa shape index (κ3) is 4.18. The lowest BCUT2D eigenvalue weighted by molar-refractivity contribution is 0.246. The molecule has 0 spiro atoms. The number of halogens is 1. The molecular formula is C16H26FN3. The molecule has 1 aliphatic rings. The molecule has 4 heteroatoms. The number of hydrogen-bond acceptors (Lipinski definition) is 3. The van der Waals surface area contributed by atoms with Gasteiger partial charge in [-0.2, -0.15) is 0 Å². The summed E-state index contributed by atoms with van der Waals surface area (Å²) in [5, 5.41) is 0. The fraction of sp³-hybridized carbons (Fsp3) is 0.625. The Morgan fingerprint density at radius 3 is 2.50 bits per heavy atom. The van der Waals surface area contributed by atoms with E-state index in [2.05, 4.69) is 16.7 Å². The number of anilines is 1. The standard InChI is InChI=1S/C16H26FN3/c1-2-5-14(18)8-9-19-10-12-20(13-11-19)16-7-4-3-6-15(16)17/h3-4,6-7,14H,2,5,8-13,18H2,1H3. The lowest BCUT2D eigenvalue weighted by atomic mass is 10.1. The molecule has 0 saturated carbocycles. The lowest BCUT2D eigenvalue weighted by Gasteiger charge is -2.36. The summed E-state index contributed by atoms with van der Waals surface area (Å²) in [6.07, 6.45) is 3.32. The first-order valence-electron chi connectivity index (χ1n) is 7.68. The molecule has 3 nitrogen and oxygen atoms in total. The quantitative estimate of drug-likeness (QED) is 0.868. The van der Waals surface area contributed by atoms with Crippen LogP contribution in [0.2, 0.25) is 0 Å². The highest BCUT2D eigenvalue weighted by Gasteiger charge is 2.19. The van der Waals surface area contributed by atoms with Gasteiger partial charge >= 0.3 is 0 Å². The molecule has 2 N–H and O–H groups in total. The maximum atomic E-state index is 13.7. The maximum absolute atomic E-state index is 13.7. The first kappa shape index (κ1) is 15.3. The Balaban J connectivity index is 1.77. The molecule has 1 aliphatic heterocycles. The van der Waals surface area contributed by atoms with E-state index in [0.717, 1.165) is 57.7 Å². The number of nitrogens with two attached hydrogens (primary N) is 1. The molecule has 2 rings (SSSR count). The molecule has 112 valence electrons. The second-order valence-electron chi connectivity index (χ2n) is 5.62. The highest BCUT2D eigenvalue weighted by molar-refractivity contribution is 5.47. The summed E-state index contributed by atoms with van der Waals surface area (Å²) in [6, 6.07) is 7.36. The van der Waals surface area contributed by atoms with Gasteiger partial charge in [-0.1, -0.05) is 25.5 Å². The molecule has 20 heavy (non-hydrogen) atoms. The molecule has 0 aliphatic carbocycles. The van der Waals surface area contributed by atoms with Crippen molar-refractivity contribution in [1.29, 1.82) is 0 Å². The number of benzene rings is 1. The molecule has 0 bridgehead atoms. The predicted octanol–water partition coefficient (Wildman–Crippen LogP) is 2.47. The van der Waals surface area contributed by atoms with Gasteiger partial charge in [0.15, 0.2) is 0 Å². The summed E-state index contributed by atoms with van der Waals surface area (Å²) >= 11 is 0. The average Bonchev–Trinajstić information content (AvgIpc) is 2.47. The van der Waals surface area contributed by atoms with Crippen LogP contribution in [0.3, 0.4) is 0 Å². The van der Waals surface area contributed by atoms with E-state index in [0.29, 0.717) is 6.04 Å². The molecular weight excluding hydrogens is 253 g/mol. The summed E-state index contributed by atoms with van der Waals surface area (Å²) in [4.78, 5) is 4.57. The Kier molecular flexibility index (Phi) is 5.80. The molecule has 1 unspecified atom stereocenters. The minimum absolute atomic E-state index is 0.120. The van der Waals surface area contributed by atoms with E-state index in [1.165, 1.54) is 6.07 Å². The molecule has 1 aromatic carbocycles. The van der Waals surface area contributed by atoms with Crippen molar-refractivity contribution in [3.05, 3.63) is 30.1 Å². The maximum Gasteiger partial charge on any atom is 0.146 e. The third-order valence-corrected chi connectivity index (χ3v) is 4.04. The van der Waals surface area contributed by atoms with Crippen LogP contribution in [0.25, 0.3) is 0 Å². The van der Waals surface area contributed by atoms with Gasteiger partial charge in [0.05, 0.1) is 5.69 Å². The van der Waals surface area contributed by atoms with Gasteiger partial charge in [-0.05, 0) is 31.5 Å². The zero-order valence-corrected chi connectivity index (χ0v) is 12.4. The van der Waals surface area contributed by atoms with Crippen molar-refractivity contribution >= 4 is 5.69 Å². The number of piperazine rings is 1. The fourth-order valence-corrected chi connectivity index (χ4v) is 2.78. The number of para-hydroxylation sites is 1. The largest absolute Gasteiger partial charge is 0.367 e. The van der Waals surface area contributed by atoms with Gasteiger partial charge in [-0.3, -0.25) is 4.90 Å². The molecule has 1 aromatic rings. The van der Waals surface area contributed by atoms with Crippen molar-refractivity contribution < 1.29 is 4.39 Å². The van der Waals surface area contributed by atoms with Crippen LogP contribution in [0.4, 0.5) is 10.1 Å². The van der Waals surface area contributed by atoms with Gasteiger partial charge < -0.3 is 10.6 Å². The molecule has 1 heterocycles. The van der Waals surface area contributed by atoms with Gasteiger partial charge in [-0.15, -0.1) is 0 Å². The number of rotatable bonds is 6. The first-order valence-corrected chi connectivity index (χ1v) is 7.68. The second kappa shape index (κ2) is 7.60. The summed E-state index contributed by atoms with van der Waals surface area (Å²) in [5.74, 6) is -0.120. The van der Waals surface area contributed by atoms with Crippen molar-refractivity contribution in [2.24, 2.45) is 5.73 Å². The van der Waals surface area contributed by atoms with E-state index >= 15 is 0 Å². The van der Waals surface area contributed by atoms with E-state index in [-0.39, 0.29) is 5.82 Å². The van der Waals surface area contributed by atoms with E-state index in [4.69, 9.17) is 5.73 Å². The molecule has 0 radical (unpaired) electrons. The number of nitrogens with zero attached hydrogens (tertiary/aromatic N) is 2. The van der Waals surface area contributed by atoms with Crippen LogP contribution in [0.15, 0.2) is 24.3 Å². The molecule has 1 fully saturated rings. The summed E-state index contributed by atoms with van der Waals surface area (Å²) in [5.41, 5.74) is 6.78. The highest BCUT2D eigenvalue weighted by atomic mass is 19.1. The lowest BCUT2D eigenvalue weighted by Crippen LogP contribution is -2.47. The normalized spacial score (nSPS) is 18.2. The van der Waals surface area contributed by atoms with Gasteiger partial charge in [0, 0.05) is 32.2 Å². The van der Waals surface area contributed by atoms with Crippen LogP contribution in [-0.2, 0) is 0 Å². The Morgan fingerprint density at radius 2 is 1.85 bits per heavy atom. The van der Waals surface area contributed by atoms with Crippen molar-refractivity contribution in [3.8, 4) is 0 Å². The van der Waals surface area contributed by atoms with Gasteiger partial charge in [0.2, 0.25) is 0 Å². The van der Waals surface area contributed by atoms with Crippen molar-refractivity contribution in [3.63, 3.8) is 0 Å². The van der Waals surface area contributed by atoms with Crippen molar-refractivity contribution in [2.75, 3.05) is 37.6 Å². The molecule has 1 saturated heterocycles. The predicted molar refractivity (Wildman–Crippen MR) is 82.6 cm³/mol. The van der Waals surface area contributed by atoms with Crippen LogP contribution >= 0.6 is 0 Å². The Hall–Kier alpha value is -1.13. The minimum Gasteiger partial charge on any atom is -0.367 e. The average molecular weight is 279 g/mol. The number of hydrogen-bond donors (Lipinski definition) is 1. The Bertz CT molecular complexity index is 402. The van der Waals surface area contributed by atoms with Crippen LogP contribution in [0.1, 0.15) is 26.2 Å². The first-order chi connectivity index (χ1) is 9.70. The Morgan fingerprint density at radius 1 is 1.15 bits per heavy atom. The fourth-order valence-electron chi connectivity index (χ4n) is 2.78. The zero-order valence-electron chi connectivity index (χ0n) is 12.4. The topological polar surface area (TPSA) is 32.5 Å². The molecule has 0 amide bonds. The van der Waals surface area contributed by atoms with E-state index in [1.807, 2.05) is 12.1 Å². The van der Waals surface area contributed by atoms with Crippen molar-refractivity contribution in [2.45, 2.75) is 32.2 Å². The van der Waals surface area contributed by atoms with Crippen LogP contribution in [-0.4, -0.2) is 43.7 Å². The smallest absolute Gasteiger partial charge is 0.146 e. The SMILES string of the molecule is CCCC(N)CCN1CCN(c2ccccc2F)CC1. The van der Waals surface area contributed by atoms with Crippen LogP contribution in [0, 0.1) is 5.82 Å². The summed E-state index contributed by atoms with van der Waals surface area (Å²) in [7, 11) is 0. The zero-order chi connectivity index (χ0) is 14.4. The third-order valence-electron chi connectivity index (χ3n) is 4.04. The highest BCUT2D eigenvalue weighted by Crippen LogP contribution is 2.20. The van der Waals surface area contributed by atoms with Gasteiger partial charge in [-0.25, -0.2) is 4.39 Å². The van der Waals surface area contributed by atoms with Crippen molar-refractivity contribution in [1.82, 2.24) is 4.90 Å². The summed E-state index contributed by atoms with van der Waals surface area (Å²) < 4.78 is 13.7. The van der Waals surface area contributed by atoms with Gasteiger partial charge in [0.1, 0.15) is 5.82 Å².